The molecule has 19 heavy (non-hydrogen) atoms. The Balaban J connectivity index is 2.14. The zero-order valence-electron chi connectivity index (χ0n) is 12.5. The smallest absolute Gasteiger partial charge is 0.0434 e. The summed E-state index contributed by atoms with van der Waals surface area (Å²) in [6.45, 7) is 2.56. The average Bonchev–Trinajstić information content (AvgIpc) is 2.44. The van der Waals surface area contributed by atoms with E-state index >= 15 is 0 Å². The van der Waals surface area contributed by atoms with Crippen LogP contribution in [0.4, 0.5) is 0 Å². The van der Waals surface area contributed by atoms with Crippen LogP contribution in [-0.2, 0) is 12.8 Å². The summed E-state index contributed by atoms with van der Waals surface area (Å²) >= 11 is 0. The maximum absolute atomic E-state index is 8.86. The average molecular weight is 262 g/mol. The largest absolute Gasteiger partial charge is 0.396 e. The molecule has 1 N–H and O–H groups in total. The summed E-state index contributed by atoms with van der Waals surface area (Å²) in [5.41, 5.74) is 2.83. The molecule has 0 aliphatic heterocycles. The van der Waals surface area contributed by atoms with E-state index in [0.29, 0.717) is 6.61 Å². The van der Waals surface area contributed by atoms with Crippen molar-refractivity contribution >= 4 is 0 Å². The Bertz CT molecular complexity index is 319. The van der Waals surface area contributed by atoms with Crippen molar-refractivity contribution < 1.29 is 5.11 Å². The molecule has 0 saturated carbocycles. The van der Waals surface area contributed by atoms with Gasteiger partial charge in [0.25, 0.3) is 0 Å². The van der Waals surface area contributed by atoms with Crippen molar-refractivity contribution in [2.75, 3.05) is 6.61 Å². The van der Waals surface area contributed by atoms with E-state index in [2.05, 4.69) is 31.2 Å². The molecule has 0 saturated heterocycles. The highest BCUT2D eigenvalue weighted by Crippen LogP contribution is 2.13. The van der Waals surface area contributed by atoms with Crippen LogP contribution in [0.15, 0.2) is 24.3 Å². The van der Waals surface area contributed by atoms with E-state index in [-0.39, 0.29) is 0 Å². The Morgan fingerprint density at radius 3 is 2.00 bits per heavy atom. The lowest BCUT2D eigenvalue weighted by molar-refractivity contribution is 0.288. The van der Waals surface area contributed by atoms with Crippen molar-refractivity contribution in [2.24, 2.45) is 0 Å². The molecule has 1 aromatic carbocycles. The number of aliphatic hydroxyl groups is 1. The Morgan fingerprint density at radius 1 is 0.789 bits per heavy atom. The molecule has 0 fully saturated rings. The van der Waals surface area contributed by atoms with Gasteiger partial charge in [-0.1, -0.05) is 69.7 Å². The molecule has 0 atom stereocenters. The third kappa shape index (κ3) is 8.05. The lowest BCUT2D eigenvalue weighted by Gasteiger charge is -2.05. The van der Waals surface area contributed by atoms with Crippen LogP contribution in [0.2, 0.25) is 0 Å². The summed E-state index contributed by atoms with van der Waals surface area (Å²) in [5, 5.41) is 8.86. The first-order valence-electron chi connectivity index (χ1n) is 8.05. The van der Waals surface area contributed by atoms with Crippen LogP contribution in [0.1, 0.15) is 69.4 Å². The van der Waals surface area contributed by atoms with Crippen LogP contribution in [-0.4, -0.2) is 11.7 Å². The summed E-state index contributed by atoms with van der Waals surface area (Å²) in [4.78, 5) is 0. The second-order valence-electron chi connectivity index (χ2n) is 5.52. The van der Waals surface area contributed by atoms with E-state index in [1.54, 1.807) is 0 Å². The predicted molar refractivity (Wildman–Crippen MR) is 83.5 cm³/mol. The van der Waals surface area contributed by atoms with Gasteiger partial charge in [-0.2, -0.15) is 0 Å². The molecule has 1 aromatic rings. The molecule has 0 heterocycles. The van der Waals surface area contributed by atoms with E-state index in [4.69, 9.17) is 5.11 Å². The van der Waals surface area contributed by atoms with Crippen LogP contribution in [0.3, 0.4) is 0 Å². The first kappa shape index (κ1) is 16.2. The van der Waals surface area contributed by atoms with Crippen molar-refractivity contribution in [1.82, 2.24) is 0 Å². The molecule has 0 aliphatic rings. The molecule has 0 radical (unpaired) electrons. The highest BCUT2D eigenvalue weighted by Gasteiger charge is 1.97. The Labute approximate surface area is 119 Å². The molecule has 0 amide bonds. The van der Waals surface area contributed by atoms with Crippen molar-refractivity contribution in [2.45, 2.75) is 71.1 Å². The predicted octanol–water partition coefficient (Wildman–Crippen LogP) is 4.90. The third-order valence-electron chi connectivity index (χ3n) is 3.68. The standard InChI is InChI=1S/C18H30O/c1-2-3-4-5-6-7-8-11-17-12-9-13-18(16-17)14-10-15-19/h9,12-13,16,19H,2-8,10-11,14-15H2,1H3. The van der Waals surface area contributed by atoms with Crippen LogP contribution < -0.4 is 0 Å². The Hall–Kier alpha value is -0.820. The lowest BCUT2D eigenvalue weighted by atomic mass is 10.0. The Kier molecular flexibility index (Phi) is 9.44. The maximum atomic E-state index is 8.86. The number of benzene rings is 1. The van der Waals surface area contributed by atoms with E-state index in [9.17, 15) is 0 Å². The number of hydrogen-bond acceptors (Lipinski definition) is 1. The monoisotopic (exact) mass is 262 g/mol. The summed E-state index contributed by atoms with van der Waals surface area (Å²) in [7, 11) is 0. The maximum Gasteiger partial charge on any atom is 0.0434 e. The van der Waals surface area contributed by atoms with Gasteiger partial charge in [-0.25, -0.2) is 0 Å². The number of aliphatic hydroxyl groups excluding tert-OH is 1. The van der Waals surface area contributed by atoms with Gasteiger partial charge in [0.15, 0.2) is 0 Å². The van der Waals surface area contributed by atoms with Gasteiger partial charge in [0.2, 0.25) is 0 Å². The minimum Gasteiger partial charge on any atom is -0.396 e. The summed E-state index contributed by atoms with van der Waals surface area (Å²) in [6.07, 6.45) is 12.7. The van der Waals surface area contributed by atoms with Gasteiger partial charge < -0.3 is 5.11 Å². The normalized spacial score (nSPS) is 10.8. The lowest BCUT2D eigenvalue weighted by Crippen LogP contribution is -1.92. The molecule has 1 rings (SSSR count). The van der Waals surface area contributed by atoms with E-state index in [0.717, 1.165) is 12.8 Å². The van der Waals surface area contributed by atoms with Crippen LogP contribution in [0.5, 0.6) is 0 Å². The summed E-state index contributed by atoms with van der Waals surface area (Å²) in [6, 6.07) is 8.87. The van der Waals surface area contributed by atoms with Gasteiger partial charge >= 0.3 is 0 Å². The number of unbranched alkanes of at least 4 members (excludes halogenated alkanes) is 6. The minimum absolute atomic E-state index is 0.294. The van der Waals surface area contributed by atoms with Crippen molar-refractivity contribution in [3.05, 3.63) is 35.4 Å². The fourth-order valence-electron chi connectivity index (χ4n) is 2.51. The number of hydrogen-bond donors (Lipinski definition) is 1. The molecular formula is C18H30O. The molecule has 0 aromatic heterocycles. The van der Waals surface area contributed by atoms with Gasteiger partial charge in [0.05, 0.1) is 0 Å². The summed E-state index contributed by atoms with van der Waals surface area (Å²) < 4.78 is 0. The zero-order chi connectivity index (χ0) is 13.8. The molecule has 1 nitrogen and oxygen atoms in total. The highest BCUT2D eigenvalue weighted by molar-refractivity contribution is 5.23. The molecule has 0 bridgehead atoms. The van der Waals surface area contributed by atoms with Gasteiger partial charge in [-0.3, -0.25) is 0 Å². The fraction of sp³-hybridized carbons (Fsp3) is 0.667. The van der Waals surface area contributed by atoms with Crippen LogP contribution in [0, 0.1) is 0 Å². The second kappa shape index (κ2) is 11.0. The SMILES string of the molecule is CCCCCCCCCc1cccc(CCCO)c1. The van der Waals surface area contributed by atoms with Crippen LogP contribution in [0.25, 0.3) is 0 Å². The van der Waals surface area contributed by atoms with Crippen molar-refractivity contribution in [3.63, 3.8) is 0 Å². The first-order chi connectivity index (χ1) is 9.36. The van der Waals surface area contributed by atoms with Gasteiger partial charge in [0, 0.05) is 6.61 Å². The van der Waals surface area contributed by atoms with Crippen molar-refractivity contribution in [3.8, 4) is 0 Å². The van der Waals surface area contributed by atoms with Crippen molar-refractivity contribution in [1.29, 1.82) is 0 Å². The van der Waals surface area contributed by atoms with Crippen LogP contribution >= 0.6 is 0 Å². The van der Waals surface area contributed by atoms with Gasteiger partial charge in [-0.05, 0) is 36.8 Å². The quantitative estimate of drug-likeness (QED) is 0.562. The molecule has 108 valence electrons. The summed E-state index contributed by atoms with van der Waals surface area (Å²) in [5.74, 6) is 0. The second-order valence-corrected chi connectivity index (χ2v) is 5.52. The zero-order valence-corrected chi connectivity index (χ0v) is 12.5. The van der Waals surface area contributed by atoms with Gasteiger partial charge in [-0.15, -0.1) is 0 Å². The van der Waals surface area contributed by atoms with E-state index < -0.39 is 0 Å². The van der Waals surface area contributed by atoms with Gasteiger partial charge in [0.1, 0.15) is 0 Å². The fourth-order valence-corrected chi connectivity index (χ4v) is 2.51. The topological polar surface area (TPSA) is 20.2 Å². The molecule has 1 heteroatoms. The number of aryl methyl sites for hydroxylation is 2. The third-order valence-corrected chi connectivity index (χ3v) is 3.68. The first-order valence-corrected chi connectivity index (χ1v) is 8.05. The Morgan fingerprint density at radius 2 is 1.37 bits per heavy atom. The molecule has 0 spiro atoms. The number of rotatable bonds is 11. The molecular weight excluding hydrogens is 232 g/mol. The van der Waals surface area contributed by atoms with E-state index in [1.807, 2.05) is 0 Å². The highest BCUT2D eigenvalue weighted by atomic mass is 16.2. The minimum atomic E-state index is 0.294. The molecule has 0 unspecified atom stereocenters. The van der Waals surface area contributed by atoms with E-state index in [1.165, 1.54) is 62.5 Å². The molecule has 0 aliphatic carbocycles.